The van der Waals surface area contributed by atoms with E-state index in [2.05, 4.69) is 5.32 Å². The van der Waals surface area contributed by atoms with Crippen LogP contribution in [-0.2, 0) is 9.59 Å². The van der Waals surface area contributed by atoms with Crippen LogP contribution in [0.2, 0.25) is 0 Å². The lowest BCUT2D eigenvalue weighted by Gasteiger charge is -2.14. The van der Waals surface area contributed by atoms with E-state index in [0.717, 1.165) is 0 Å². The number of hydrogen-bond donors (Lipinski definition) is 3. The summed E-state index contributed by atoms with van der Waals surface area (Å²) in [5, 5.41) is 20.1. The van der Waals surface area contributed by atoms with E-state index in [0.29, 0.717) is 12.2 Å². The highest BCUT2D eigenvalue weighted by Crippen LogP contribution is 2.02. The van der Waals surface area contributed by atoms with Gasteiger partial charge in [0.25, 0.3) is 0 Å². The summed E-state index contributed by atoms with van der Waals surface area (Å²) in [6.07, 6.45) is 1.45. The zero-order valence-corrected chi connectivity index (χ0v) is 9.71. The lowest BCUT2D eigenvalue weighted by molar-refractivity contribution is -0.142. The van der Waals surface area contributed by atoms with Gasteiger partial charge in [0.1, 0.15) is 6.04 Å². The number of thioether (sulfide) groups is 1. The summed E-state index contributed by atoms with van der Waals surface area (Å²) in [7, 11) is 0. The molecule has 0 fully saturated rings. The van der Waals surface area contributed by atoms with Gasteiger partial charge in [0, 0.05) is 0 Å². The topological polar surface area (TPSA) is 86.6 Å². The highest BCUT2D eigenvalue weighted by molar-refractivity contribution is 7.98. The molecule has 0 aliphatic carbocycles. The number of hydrogen-bond acceptors (Lipinski definition) is 4. The van der Waals surface area contributed by atoms with Gasteiger partial charge < -0.3 is 15.5 Å². The molecule has 0 aromatic rings. The molecule has 5 nitrogen and oxygen atoms in total. The van der Waals surface area contributed by atoms with Crippen molar-refractivity contribution in [2.24, 2.45) is 0 Å². The van der Waals surface area contributed by atoms with Crippen molar-refractivity contribution in [3.63, 3.8) is 0 Å². The van der Waals surface area contributed by atoms with E-state index in [9.17, 15) is 9.59 Å². The van der Waals surface area contributed by atoms with Gasteiger partial charge in [0.15, 0.2) is 0 Å². The smallest absolute Gasteiger partial charge is 0.326 e. The first-order valence-corrected chi connectivity index (χ1v) is 6.06. The Hall–Kier alpha value is -0.750. The number of aliphatic hydroxyl groups is 1. The molecule has 0 spiro atoms. The molecule has 1 unspecified atom stereocenters. The molecular weight excluding hydrogens is 218 g/mol. The minimum atomic E-state index is -1.04. The molecule has 0 bridgehead atoms. The van der Waals surface area contributed by atoms with E-state index in [4.69, 9.17) is 10.2 Å². The molecule has 0 rings (SSSR count). The average Bonchev–Trinajstić information content (AvgIpc) is 2.10. The molecule has 1 amide bonds. The highest BCUT2D eigenvalue weighted by atomic mass is 32.2. The third-order valence-electron chi connectivity index (χ3n) is 1.72. The summed E-state index contributed by atoms with van der Waals surface area (Å²) in [5.74, 6) is -0.798. The SMILES string of the molecule is CSCC[C@H](NC(=O)CC(C)O)C(=O)O. The van der Waals surface area contributed by atoms with Gasteiger partial charge >= 0.3 is 5.97 Å². The van der Waals surface area contributed by atoms with Gasteiger partial charge in [-0.15, -0.1) is 0 Å². The largest absolute Gasteiger partial charge is 0.480 e. The normalized spacial score (nSPS) is 14.3. The quantitative estimate of drug-likeness (QED) is 0.582. The number of aliphatic carboxylic acids is 1. The summed E-state index contributed by atoms with van der Waals surface area (Å²) in [6.45, 7) is 1.48. The van der Waals surface area contributed by atoms with E-state index >= 15 is 0 Å². The molecule has 88 valence electrons. The predicted molar refractivity (Wildman–Crippen MR) is 58.9 cm³/mol. The van der Waals surface area contributed by atoms with E-state index in [-0.39, 0.29) is 6.42 Å². The molecule has 0 aromatic heterocycles. The molecule has 0 aromatic carbocycles. The number of nitrogens with one attached hydrogen (secondary N) is 1. The zero-order chi connectivity index (χ0) is 11.8. The number of carbonyl (C=O) groups excluding carboxylic acids is 1. The van der Waals surface area contributed by atoms with E-state index in [1.807, 2.05) is 6.26 Å². The Labute approximate surface area is 93.2 Å². The maximum atomic E-state index is 11.2. The second kappa shape index (κ2) is 7.53. The lowest BCUT2D eigenvalue weighted by Crippen LogP contribution is -2.42. The van der Waals surface area contributed by atoms with Crippen LogP contribution in [0.5, 0.6) is 0 Å². The Morgan fingerprint density at radius 3 is 2.47 bits per heavy atom. The van der Waals surface area contributed by atoms with Crippen molar-refractivity contribution in [1.82, 2.24) is 5.32 Å². The Balaban J connectivity index is 4.04. The van der Waals surface area contributed by atoms with Gasteiger partial charge in [-0.05, 0) is 25.4 Å². The number of carbonyl (C=O) groups is 2. The first-order valence-electron chi connectivity index (χ1n) is 4.66. The lowest BCUT2D eigenvalue weighted by atomic mass is 10.2. The van der Waals surface area contributed by atoms with Crippen molar-refractivity contribution < 1.29 is 19.8 Å². The number of carboxylic acids is 1. The summed E-state index contributed by atoms with van der Waals surface area (Å²) in [5.41, 5.74) is 0. The van der Waals surface area contributed by atoms with Crippen LogP contribution >= 0.6 is 11.8 Å². The van der Waals surface area contributed by atoms with Gasteiger partial charge in [-0.25, -0.2) is 4.79 Å². The molecular formula is C9H17NO4S. The van der Waals surface area contributed by atoms with Crippen LogP contribution in [0.1, 0.15) is 19.8 Å². The number of carboxylic acid groups (broad SMARTS) is 1. The molecule has 0 aliphatic heterocycles. The Bertz CT molecular complexity index is 220. The standard InChI is InChI=1S/C9H17NO4S/c1-6(11)5-8(12)10-7(9(13)14)3-4-15-2/h6-7,11H,3-5H2,1-2H3,(H,10,12)(H,13,14)/t6?,7-/m0/s1. The predicted octanol–water partition coefficient (Wildman–Crippen LogP) is 0.0798. The summed E-state index contributed by atoms with van der Waals surface area (Å²) in [4.78, 5) is 21.9. The van der Waals surface area contributed by atoms with Crippen molar-refractivity contribution in [1.29, 1.82) is 0 Å². The maximum absolute atomic E-state index is 11.2. The second-order valence-corrected chi connectivity index (χ2v) is 4.28. The Kier molecular flexibility index (Phi) is 7.15. The Morgan fingerprint density at radius 2 is 2.07 bits per heavy atom. The van der Waals surface area contributed by atoms with E-state index in [1.54, 1.807) is 0 Å². The van der Waals surface area contributed by atoms with Gasteiger partial charge in [0.2, 0.25) is 5.91 Å². The van der Waals surface area contributed by atoms with Crippen LogP contribution in [0.15, 0.2) is 0 Å². The van der Waals surface area contributed by atoms with Crippen LogP contribution in [-0.4, -0.2) is 46.2 Å². The van der Waals surface area contributed by atoms with Crippen LogP contribution in [0, 0.1) is 0 Å². The van der Waals surface area contributed by atoms with Crippen molar-refractivity contribution in [2.45, 2.75) is 31.9 Å². The molecule has 0 heterocycles. The minimum Gasteiger partial charge on any atom is -0.480 e. The fourth-order valence-corrected chi connectivity index (χ4v) is 1.49. The van der Waals surface area contributed by atoms with Gasteiger partial charge in [0.05, 0.1) is 12.5 Å². The Morgan fingerprint density at radius 1 is 1.47 bits per heavy atom. The van der Waals surface area contributed by atoms with Crippen molar-refractivity contribution in [3.8, 4) is 0 Å². The van der Waals surface area contributed by atoms with Gasteiger partial charge in [-0.2, -0.15) is 11.8 Å². The maximum Gasteiger partial charge on any atom is 0.326 e. The average molecular weight is 235 g/mol. The zero-order valence-electron chi connectivity index (χ0n) is 8.90. The van der Waals surface area contributed by atoms with Gasteiger partial charge in [-0.1, -0.05) is 0 Å². The van der Waals surface area contributed by atoms with Gasteiger partial charge in [-0.3, -0.25) is 4.79 Å². The molecule has 0 aliphatic rings. The number of amides is 1. The summed E-state index contributed by atoms with van der Waals surface area (Å²) < 4.78 is 0. The molecule has 0 saturated carbocycles. The summed E-state index contributed by atoms with van der Waals surface area (Å²) >= 11 is 1.52. The molecule has 6 heteroatoms. The monoisotopic (exact) mass is 235 g/mol. The number of aliphatic hydroxyl groups excluding tert-OH is 1. The molecule has 0 radical (unpaired) electrons. The van der Waals surface area contributed by atoms with Crippen LogP contribution in [0.25, 0.3) is 0 Å². The highest BCUT2D eigenvalue weighted by Gasteiger charge is 2.19. The van der Waals surface area contributed by atoms with Crippen LogP contribution < -0.4 is 5.32 Å². The van der Waals surface area contributed by atoms with E-state index in [1.165, 1.54) is 18.7 Å². The second-order valence-electron chi connectivity index (χ2n) is 3.29. The van der Waals surface area contributed by atoms with E-state index < -0.39 is 24.0 Å². The van der Waals surface area contributed by atoms with Crippen LogP contribution in [0.4, 0.5) is 0 Å². The van der Waals surface area contributed by atoms with Crippen molar-refractivity contribution >= 4 is 23.6 Å². The fourth-order valence-electron chi connectivity index (χ4n) is 1.01. The third-order valence-corrected chi connectivity index (χ3v) is 2.37. The molecule has 2 atom stereocenters. The minimum absolute atomic E-state index is 0.0664. The molecule has 0 saturated heterocycles. The first-order chi connectivity index (χ1) is 6.97. The summed E-state index contributed by atoms with van der Waals surface area (Å²) in [6, 6.07) is -0.858. The molecule has 15 heavy (non-hydrogen) atoms. The molecule has 3 N–H and O–H groups in total. The van der Waals surface area contributed by atoms with Crippen LogP contribution in [0.3, 0.4) is 0 Å². The number of rotatable bonds is 7. The van der Waals surface area contributed by atoms with Crippen molar-refractivity contribution in [2.75, 3.05) is 12.0 Å². The fraction of sp³-hybridized carbons (Fsp3) is 0.778. The van der Waals surface area contributed by atoms with Crippen molar-refractivity contribution in [3.05, 3.63) is 0 Å². The third kappa shape index (κ3) is 7.21. The first kappa shape index (κ1) is 14.2.